The van der Waals surface area contributed by atoms with Crippen LogP contribution in [0.25, 0.3) is 6.08 Å². The molecule has 2 aromatic rings. The molecule has 28 heavy (non-hydrogen) atoms. The molecule has 0 aliphatic carbocycles. The number of carbonyl (C=O) groups is 2. The Labute approximate surface area is 171 Å². The van der Waals surface area contributed by atoms with E-state index in [4.69, 9.17) is 0 Å². The molecule has 0 aliphatic rings. The summed E-state index contributed by atoms with van der Waals surface area (Å²) in [5, 5.41) is 13.7. The summed E-state index contributed by atoms with van der Waals surface area (Å²) in [5.74, 6) is -0.818. The van der Waals surface area contributed by atoms with Crippen LogP contribution in [0.15, 0.2) is 58.7 Å². The fourth-order valence-electron chi connectivity index (χ4n) is 2.56. The predicted octanol–water partition coefficient (Wildman–Crippen LogP) is 4.00. The molecular formula is C20H20BrN3O4. The van der Waals surface area contributed by atoms with Gasteiger partial charge in [-0.2, -0.15) is 0 Å². The van der Waals surface area contributed by atoms with E-state index >= 15 is 0 Å². The number of halogens is 1. The van der Waals surface area contributed by atoms with Crippen LogP contribution in [-0.2, 0) is 4.79 Å². The van der Waals surface area contributed by atoms with Gasteiger partial charge in [-0.1, -0.05) is 24.3 Å². The molecule has 2 rings (SSSR count). The molecular weight excluding hydrogens is 426 g/mol. The van der Waals surface area contributed by atoms with Crippen LogP contribution in [0.3, 0.4) is 0 Å². The maximum absolute atomic E-state index is 12.9. The second-order valence-electron chi connectivity index (χ2n) is 5.82. The lowest BCUT2D eigenvalue weighted by molar-refractivity contribution is -0.384. The molecule has 0 heterocycles. The number of carbonyl (C=O) groups excluding carboxylic acids is 2. The zero-order chi connectivity index (χ0) is 20.7. The van der Waals surface area contributed by atoms with Crippen LogP contribution in [-0.4, -0.2) is 34.7 Å². The Kier molecular flexibility index (Phi) is 7.45. The first-order valence-electron chi connectivity index (χ1n) is 8.68. The molecule has 7 nitrogen and oxygen atoms in total. The molecule has 0 aromatic heterocycles. The molecule has 0 unspecified atom stereocenters. The minimum Gasteiger partial charge on any atom is -0.338 e. The number of nitro benzene ring substituents is 1. The first-order chi connectivity index (χ1) is 13.4. The smallest absolute Gasteiger partial charge is 0.270 e. The second kappa shape index (κ2) is 9.80. The number of hydrogen-bond acceptors (Lipinski definition) is 4. The molecule has 0 bridgehead atoms. The summed E-state index contributed by atoms with van der Waals surface area (Å²) in [6.07, 6.45) is 1.45. The molecule has 1 N–H and O–H groups in total. The van der Waals surface area contributed by atoms with Gasteiger partial charge in [0.05, 0.1) is 10.5 Å². The van der Waals surface area contributed by atoms with E-state index < -0.39 is 10.8 Å². The third-order valence-electron chi connectivity index (χ3n) is 4.04. The summed E-state index contributed by atoms with van der Waals surface area (Å²) in [4.78, 5) is 37.6. The average Bonchev–Trinajstić information content (AvgIpc) is 2.68. The number of nitrogens with one attached hydrogen (secondary N) is 1. The van der Waals surface area contributed by atoms with Crippen LogP contribution in [0.1, 0.15) is 29.8 Å². The summed E-state index contributed by atoms with van der Waals surface area (Å²) < 4.78 is 0.595. The van der Waals surface area contributed by atoms with Gasteiger partial charge in [-0.25, -0.2) is 0 Å². The van der Waals surface area contributed by atoms with Crippen LogP contribution in [0.4, 0.5) is 5.69 Å². The third-order valence-corrected chi connectivity index (χ3v) is 4.73. The van der Waals surface area contributed by atoms with Gasteiger partial charge in [0.2, 0.25) is 0 Å². The standard InChI is InChI=1S/C20H20BrN3O4/c1-3-23(4-2)20(26)18(13-14-8-7-9-15(12-14)24(27)28)22-19(25)16-10-5-6-11-17(16)21/h5-13H,3-4H2,1-2H3,(H,22,25)/b18-13+. The SMILES string of the molecule is CCN(CC)C(=O)/C(=C\c1cccc([N+](=O)[O-])c1)NC(=O)c1ccccc1Br. The largest absolute Gasteiger partial charge is 0.338 e. The summed E-state index contributed by atoms with van der Waals surface area (Å²) in [6, 6.07) is 12.7. The Balaban J connectivity index is 2.43. The number of non-ortho nitro benzene ring substituents is 1. The topological polar surface area (TPSA) is 92.6 Å². The van der Waals surface area contributed by atoms with Crippen LogP contribution in [0.2, 0.25) is 0 Å². The highest BCUT2D eigenvalue weighted by Crippen LogP contribution is 2.18. The minimum atomic E-state index is -0.511. The number of rotatable bonds is 7. The van der Waals surface area contributed by atoms with E-state index in [1.165, 1.54) is 24.3 Å². The highest BCUT2D eigenvalue weighted by molar-refractivity contribution is 9.10. The molecule has 2 amide bonds. The van der Waals surface area contributed by atoms with E-state index in [-0.39, 0.29) is 17.3 Å². The van der Waals surface area contributed by atoms with Crippen molar-refractivity contribution in [2.24, 2.45) is 0 Å². The summed E-state index contributed by atoms with van der Waals surface area (Å²) >= 11 is 3.32. The number of nitrogens with zero attached hydrogens (tertiary/aromatic N) is 2. The van der Waals surface area contributed by atoms with Gasteiger partial charge < -0.3 is 10.2 Å². The van der Waals surface area contributed by atoms with E-state index in [2.05, 4.69) is 21.2 Å². The zero-order valence-electron chi connectivity index (χ0n) is 15.5. The third kappa shape index (κ3) is 5.26. The fraction of sp³-hybridized carbons (Fsp3) is 0.200. The van der Waals surface area contributed by atoms with E-state index in [1.807, 2.05) is 13.8 Å². The van der Waals surface area contributed by atoms with Gasteiger partial charge in [-0.15, -0.1) is 0 Å². The first-order valence-corrected chi connectivity index (χ1v) is 9.48. The molecule has 0 aliphatic heterocycles. The Hall–Kier alpha value is -3.00. The van der Waals surface area contributed by atoms with Crippen molar-refractivity contribution in [1.29, 1.82) is 0 Å². The predicted molar refractivity (Wildman–Crippen MR) is 111 cm³/mol. The molecule has 2 aromatic carbocycles. The van der Waals surface area contributed by atoms with Crippen LogP contribution in [0, 0.1) is 10.1 Å². The fourth-order valence-corrected chi connectivity index (χ4v) is 3.03. The van der Waals surface area contributed by atoms with Gasteiger partial charge in [0, 0.05) is 29.7 Å². The van der Waals surface area contributed by atoms with E-state index in [0.717, 1.165) is 0 Å². The molecule has 0 saturated heterocycles. The Morgan fingerprint density at radius 1 is 1.14 bits per heavy atom. The van der Waals surface area contributed by atoms with Crippen molar-refractivity contribution in [1.82, 2.24) is 10.2 Å². The summed E-state index contributed by atoms with van der Waals surface area (Å²) in [7, 11) is 0. The second-order valence-corrected chi connectivity index (χ2v) is 6.68. The average molecular weight is 446 g/mol. The van der Waals surface area contributed by atoms with E-state index in [0.29, 0.717) is 28.7 Å². The van der Waals surface area contributed by atoms with Gasteiger partial charge in [0.1, 0.15) is 5.70 Å². The molecule has 0 saturated carbocycles. The minimum absolute atomic E-state index is 0.0463. The van der Waals surface area contributed by atoms with Crippen LogP contribution < -0.4 is 5.32 Å². The highest BCUT2D eigenvalue weighted by Gasteiger charge is 2.20. The summed E-state index contributed by atoms with van der Waals surface area (Å²) in [6.45, 7) is 4.60. The Bertz CT molecular complexity index is 923. The highest BCUT2D eigenvalue weighted by atomic mass is 79.9. The summed E-state index contributed by atoms with van der Waals surface area (Å²) in [5.41, 5.74) is 0.766. The monoisotopic (exact) mass is 445 g/mol. The Morgan fingerprint density at radius 3 is 2.43 bits per heavy atom. The van der Waals surface area contributed by atoms with Gasteiger partial charge in [-0.3, -0.25) is 19.7 Å². The van der Waals surface area contributed by atoms with Crippen molar-refractivity contribution in [3.8, 4) is 0 Å². The van der Waals surface area contributed by atoms with Crippen molar-refractivity contribution < 1.29 is 14.5 Å². The van der Waals surface area contributed by atoms with E-state index in [1.54, 1.807) is 35.2 Å². The normalized spacial score (nSPS) is 11.0. The molecule has 0 atom stereocenters. The van der Waals surface area contributed by atoms with Crippen molar-refractivity contribution >= 4 is 39.5 Å². The molecule has 0 spiro atoms. The quantitative estimate of drug-likeness (QED) is 0.396. The number of likely N-dealkylation sites (N-methyl/N-ethyl adjacent to an activating group) is 1. The molecule has 8 heteroatoms. The molecule has 146 valence electrons. The van der Waals surface area contributed by atoms with Crippen molar-refractivity contribution in [2.75, 3.05) is 13.1 Å². The van der Waals surface area contributed by atoms with Gasteiger partial charge in [0.15, 0.2) is 0 Å². The first kappa shape index (κ1) is 21.3. The van der Waals surface area contributed by atoms with Gasteiger partial charge >= 0.3 is 0 Å². The molecule has 0 fully saturated rings. The van der Waals surface area contributed by atoms with Gasteiger partial charge in [0.25, 0.3) is 17.5 Å². The van der Waals surface area contributed by atoms with Crippen LogP contribution >= 0.6 is 15.9 Å². The maximum atomic E-state index is 12.9. The number of hydrogen-bond donors (Lipinski definition) is 1. The van der Waals surface area contributed by atoms with E-state index in [9.17, 15) is 19.7 Å². The lowest BCUT2D eigenvalue weighted by Gasteiger charge is -2.21. The number of nitro groups is 1. The Morgan fingerprint density at radius 2 is 1.82 bits per heavy atom. The van der Waals surface area contributed by atoms with Crippen LogP contribution in [0.5, 0.6) is 0 Å². The lowest BCUT2D eigenvalue weighted by atomic mass is 10.1. The van der Waals surface area contributed by atoms with Crippen molar-refractivity contribution in [3.05, 3.63) is 79.9 Å². The number of amides is 2. The molecule has 0 radical (unpaired) electrons. The lowest BCUT2D eigenvalue weighted by Crippen LogP contribution is -2.38. The maximum Gasteiger partial charge on any atom is 0.270 e. The van der Waals surface area contributed by atoms with Crippen molar-refractivity contribution in [3.63, 3.8) is 0 Å². The number of benzene rings is 2. The van der Waals surface area contributed by atoms with Gasteiger partial charge in [-0.05, 0) is 53.5 Å². The van der Waals surface area contributed by atoms with Crippen molar-refractivity contribution in [2.45, 2.75) is 13.8 Å². The zero-order valence-corrected chi connectivity index (χ0v) is 17.1.